The van der Waals surface area contributed by atoms with Crippen LogP contribution in [0.3, 0.4) is 0 Å². The van der Waals surface area contributed by atoms with Crippen LogP contribution in [0.2, 0.25) is 0 Å². The molecule has 0 unspecified atom stereocenters. The van der Waals surface area contributed by atoms with Crippen LogP contribution in [0.4, 0.5) is 18.9 Å². The monoisotopic (exact) mass is 435 g/mol. The van der Waals surface area contributed by atoms with Crippen molar-refractivity contribution >= 4 is 28.9 Å². The van der Waals surface area contributed by atoms with Gasteiger partial charge < -0.3 is 9.80 Å². The van der Waals surface area contributed by atoms with Crippen molar-refractivity contribution < 1.29 is 22.8 Å². The molecule has 9 heteroatoms. The van der Waals surface area contributed by atoms with Crippen LogP contribution in [-0.4, -0.2) is 54.7 Å². The quantitative estimate of drug-likeness (QED) is 0.692. The number of ketones is 2. The fraction of sp³-hybridized carbons (Fsp3) is 0.286. The van der Waals surface area contributed by atoms with Crippen LogP contribution in [0, 0.1) is 17.5 Å². The molecule has 2 aliphatic rings. The smallest absolute Gasteiger partial charge is 0.223 e. The van der Waals surface area contributed by atoms with Crippen molar-refractivity contribution in [3.05, 3.63) is 69.3 Å². The van der Waals surface area contributed by atoms with Crippen molar-refractivity contribution in [3.8, 4) is 0 Å². The highest BCUT2D eigenvalue weighted by Gasteiger charge is 2.34. The second-order valence-corrected chi connectivity index (χ2v) is 7.68. The third-order valence-electron chi connectivity index (χ3n) is 5.44. The second-order valence-electron chi connectivity index (χ2n) is 7.30. The summed E-state index contributed by atoms with van der Waals surface area (Å²) in [6.07, 6.45) is 0.695. The lowest BCUT2D eigenvalue weighted by Gasteiger charge is -2.34. The van der Waals surface area contributed by atoms with E-state index in [-0.39, 0.29) is 22.5 Å². The zero-order chi connectivity index (χ0) is 21.6. The lowest BCUT2D eigenvalue weighted by molar-refractivity contribution is 0.0975. The van der Waals surface area contributed by atoms with E-state index in [1.165, 1.54) is 18.3 Å². The highest BCUT2D eigenvalue weighted by Crippen LogP contribution is 2.33. The van der Waals surface area contributed by atoms with Crippen molar-refractivity contribution in [2.45, 2.75) is 6.42 Å². The maximum atomic E-state index is 14.8. The summed E-state index contributed by atoms with van der Waals surface area (Å²) in [5, 5.41) is -0.464. The minimum absolute atomic E-state index is 0.00255. The predicted molar refractivity (Wildman–Crippen MR) is 106 cm³/mol. The van der Waals surface area contributed by atoms with Crippen molar-refractivity contribution in [2.24, 2.45) is 0 Å². The number of fused-ring (bicyclic) bond motifs is 1. The van der Waals surface area contributed by atoms with Gasteiger partial charge in [-0.3, -0.25) is 14.6 Å². The van der Waals surface area contributed by atoms with Gasteiger partial charge in [-0.1, -0.05) is 11.6 Å². The maximum absolute atomic E-state index is 14.8. The normalized spacial score (nSPS) is 17.6. The summed E-state index contributed by atoms with van der Waals surface area (Å²) in [4.78, 5) is 32.6. The number of nitrogens with zero attached hydrogens (tertiary/aromatic N) is 3. The Morgan fingerprint density at radius 1 is 1.07 bits per heavy atom. The Kier molecular flexibility index (Phi) is 5.38. The highest BCUT2D eigenvalue weighted by molar-refractivity contribution is 6.49. The van der Waals surface area contributed by atoms with Gasteiger partial charge in [0, 0.05) is 56.0 Å². The summed E-state index contributed by atoms with van der Waals surface area (Å²) in [6.45, 7) is 2.13. The van der Waals surface area contributed by atoms with Gasteiger partial charge >= 0.3 is 0 Å². The molecule has 0 atom stereocenters. The van der Waals surface area contributed by atoms with Gasteiger partial charge in [-0.05, 0) is 19.2 Å². The molecule has 1 saturated heterocycles. The number of hydrogen-bond donors (Lipinski definition) is 0. The van der Waals surface area contributed by atoms with Gasteiger partial charge in [0.2, 0.25) is 5.78 Å². The molecule has 0 bridgehead atoms. The Morgan fingerprint density at radius 3 is 2.47 bits per heavy atom. The van der Waals surface area contributed by atoms with Gasteiger partial charge in [0.05, 0.1) is 16.3 Å². The number of aromatic nitrogens is 1. The molecule has 5 nitrogen and oxygen atoms in total. The van der Waals surface area contributed by atoms with E-state index in [0.717, 1.165) is 6.07 Å². The van der Waals surface area contributed by atoms with Crippen LogP contribution in [0.15, 0.2) is 35.0 Å². The topological polar surface area (TPSA) is 53.5 Å². The molecule has 1 aromatic heterocycles. The van der Waals surface area contributed by atoms with Gasteiger partial charge in [0.15, 0.2) is 17.4 Å². The number of hydrogen-bond acceptors (Lipinski definition) is 5. The lowest BCUT2D eigenvalue weighted by atomic mass is 9.89. The van der Waals surface area contributed by atoms with Crippen LogP contribution >= 0.6 is 11.6 Å². The van der Waals surface area contributed by atoms with Gasteiger partial charge in [-0.2, -0.15) is 0 Å². The molecule has 4 rings (SSSR count). The average molecular weight is 436 g/mol. The van der Waals surface area contributed by atoms with Gasteiger partial charge in [-0.15, -0.1) is 0 Å². The number of Topliss-reactive ketones (excluding diaryl/α,β-unsaturated/α-hetero) is 2. The average Bonchev–Trinajstić information content (AvgIpc) is 2.75. The van der Waals surface area contributed by atoms with Crippen molar-refractivity contribution in [1.29, 1.82) is 0 Å². The largest absolute Gasteiger partial charge is 0.366 e. The van der Waals surface area contributed by atoms with Crippen LogP contribution in [-0.2, 0) is 6.42 Å². The Hall–Kier alpha value is -2.71. The highest BCUT2D eigenvalue weighted by atomic mass is 35.5. The van der Waals surface area contributed by atoms with E-state index >= 15 is 0 Å². The van der Waals surface area contributed by atoms with E-state index in [1.807, 2.05) is 11.9 Å². The molecule has 0 saturated carbocycles. The van der Waals surface area contributed by atoms with E-state index in [2.05, 4.69) is 4.98 Å². The van der Waals surface area contributed by atoms with Crippen LogP contribution in [0.5, 0.6) is 0 Å². The molecule has 1 aliphatic heterocycles. The number of allylic oxidation sites excluding steroid dienone is 2. The number of likely N-dealkylation sites (N-methyl/N-ethyl adjacent to an activating group) is 1. The van der Waals surface area contributed by atoms with E-state index in [1.54, 1.807) is 4.90 Å². The van der Waals surface area contributed by atoms with Crippen LogP contribution < -0.4 is 4.90 Å². The lowest BCUT2D eigenvalue weighted by Crippen LogP contribution is -2.45. The summed E-state index contributed by atoms with van der Waals surface area (Å²) in [6, 6.07) is 3.78. The van der Waals surface area contributed by atoms with E-state index in [9.17, 15) is 22.8 Å². The first kappa shape index (κ1) is 20.6. The number of carbonyl (C=O) groups excluding carboxylic acids is 2. The summed E-state index contributed by atoms with van der Waals surface area (Å²) in [5.41, 5.74) is -1.22. The summed E-state index contributed by atoms with van der Waals surface area (Å²) in [7, 11) is 1.91. The zero-order valence-electron chi connectivity index (χ0n) is 16.0. The number of pyridine rings is 1. The third-order valence-corrected chi connectivity index (χ3v) is 5.84. The van der Waals surface area contributed by atoms with Crippen LogP contribution in [0.25, 0.3) is 0 Å². The summed E-state index contributed by atoms with van der Waals surface area (Å²) >= 11 is 6.03. The van der Waals surface area contributed by atoms with Gasteiger partial charge in [-0.25, -0.2) is 13.2 Å². The number of anilines is 1. The fourth-order valence-corrected chi connectivity index (χ4v) is 3.91. The molecule has 0 radical (unpaired) electrons. The first-order valence-corrected chi connectivity index (χ1v) is 9.70. The molecule has 2 heterocycles. The first-order valence-electron chi connectivity index (χ1n) is 9.32. The minimum Gasteiger partial charge on any atom is -0.366 e. The number of carbonyl (C=O) groups is 2. The molecular weight excluding hydrogens is 419 g/mol. The van der Waals surface area contributed by atoms with E-state index in [0.29, 0.717) is 26.2 Å². The molecule has 2 aromatic rings. The zero-order valence-corrected chi connectivity index (χ0v) is 16.8. The van der Waals surface area contributed by atoms with Crippen molar-refractivity contribution in [2.75, 3.05) is 38.1 Å². The Labute approximate surface area is 175 Å². The molecule has 156 valence electrons. The summed E-state index contributed by atoms with van der Waals surface area (Å²) < 4.78 is 44.4. The third kappa shape index (κ3) is 3.40. The van der Waals surface area contributed by atoms with Gasteiger partial charge in [0.25, 0.3) is 0 Å². The standard InChI is InChI=1S/C21H17ClF3N3O2/c1-27-5-7-28(8-6-27)15-10-14(23)12(17(24)18(15)25)9-13-16(22)21(30)19-11(20(13)29)3-2-4-26-19/h2-4,10H,5-9H2,1H3. The molecular formula is C21H17ClF3N3O2. The molecule has 1 fully saturated rings. The Morgan fingerprint density at radius 2 is 1.77 bits per heavy atom. The number of halogens is 4. The minimum atomic E-state index is -1.39. The SMILES string of the molecule is CN1CCN(c2cc(F)c(CC3=C(Cl)C(=O)c4ncccc4C3=O)c(F)c2F)CC1. The molecule has 0 spiro atoms. The number of piperazine rings is 1. The Bertz CT molecular complexity index is 1100. The van der Waals surface area contributed by atoms with E-state index in [4.69, 9.17) is 11.6 Å². The Balaban J connectivity index is 1.70. The molecule has 0 N–H and O–H groups in total. The predicted octanol–water partition coefficient (Wildman–Crippen LogP) is 3.37. The van der Waals surface area contributed by atoms with Crippen LogP contribution in [0.1, 0.15) is 26.4 Å². The second kappa shape index (κ2) is 7.85. The molecule has 1 aromatic carbocycles. The molecule has 1 aliphatic carbocycles. The maximum Gasteiger partial charge on any atom is 0.223 e. The number of rotatable bonds is 3. The molecule has 0 amide bonds. The number of benzene rings is 1. The van der Waals surface area contributed by atoms with Gasteiger partial charge in [0.1, 0.15) is 11.5 Å². The first-order chi connectivity index (χ1) is 14.3. The fourth-order valence-electron chi connectivity index (χ4n) is 3.67. The molecule has 30 heavy (non-hydrogen) atoms. The van der Waals surface area contributed by atoms with Crippen molar-refractivity contribution in [1.82, 2.24) is 9.88 Å². The van der Waals surface area contributed by atoms with E-state index < -0.39 is 46.0 Å². The van der Waals surface area contributed by atoms with Crippen molar-refractivity contribution in [3.63, 3.8) is 0 Å². The summed E-state index contributed by atoms with van der Waals surface area (Å²) in [5.74, 6) is -4.96.